The van der Waals surface area contributed by atoms with Gasteiger partial charge in [0.05, 0.1) is 6.42 Å². The number of anilines is 2. The van der Waals surface area contributed by atoms with E-state index in [1.165, 1.54) is 37.1 Å². The molecule has 2 aromatic carbocycles. The van der Waals surface area contributed by atoms with Crippen molar-refractivity contribution in [3.05, 3.63) is 60.0 Å². The molecule has 4 rings (SSSR count). The number of aromatic amines is 1. The summed E-state index contributed by atoms with van der Waals surface area (Å²) in [6.45, 7) is 2.20. The zero-order valence-electron chi connectivity index (χ0n) is 14.6. The normalized spacial score (nSPS) is 14.6. The summed E-state index contributed by atoms with van der Waals surface area (Å²) >= 11 is 0. The number of halogens is 1. The molecular formula is C21H22FN3O. The summed E-state index contributed by atoms with van der Waals surface area (Å²) in [5.74, 6) is -0.409. The van der Waals surface area contributed by atoms with Crippen molar-refractivity contribution in [1.29, 1.82) is 0 Å². The average Bonchev–Trinajstić information content (AvgIpc) is 3.05. The Morgan fingerprint density at radius 2 is 1.85 bits per heavy atom. The third kappa shape index (κ3) is 3.57. The molecule has 0 radical (unpaired) electrons. The van der Waals surface area contributed by atoms with Gasteiger partial charge in [-0.25, -0.2) is 4.39 Å². The molecular weight excluding hydrogens is 329 g/mol. The largest absolute Gasteiger partial charge is 0.372 e. The van der Waals surface area contributed by atoms with Crippen LogP contribution in [0.15, 0.2) is 48.7 Å². The summed E-state index contributed by atoms with van der Waals surface area (Å²) in [6, 6.07) is 12.6. The van der Waals surface area contributed by atoms with Crippen LogP contribution in [0.3, 0.4) is 0 Å². The third-order valence-corrected chi connectivity index (χ3v) is 4.95. The number of H-pyrrole nitrogens is 1. The minimum atomic E-state index is -0.299. The van der Waals surface area contributed by atoms with E-state index < -0.39 is 0 Å². The van der Waals surface area contributed by atoms with Gasteiger partial charge in [0, 0.05) is 41.6 Å². The van der Waals surface area contributed by atoms with Gasteiger partial charge in [-0.3, -0.25) is 4.79 Å². The molecule has 1 aliphatic rings. The van der Waals surface area contributed by atoms with E-state index in [1.54, 1.807) is 12.3 Å². The lowest BCUT2D eigenvalue weighted by Crippen LogP contribution is -2.29. The molecule has 1 fully saturated rings. The van der Waals surface area contributed by atoms with E-state index in [0.717, 1.165) is 35.2 Å². The number of hydrogen-bond donors (Lipinski definition) is 2. The molecule has 0 spiro atoms. The van der Waals surface area contributed by atoms with Gasteiger partial charge in [-0.05, 0) is 67.3 Å². The monoisotopic (exact) mass is 351 g/mol. The Hall–Kier alpha value is -2.82. The van der Waals surface area contributed by atoms with Crippen molar-refractivity contribution in [2.45, 2.75) is 25.7 Å². The fourth-order valence-electron chi connectivity index (χ4n) is 3.58. The summed E-state index contributed by atoms with van der Waals surface area (Å²) in [5, 5.41) is 3.68. The van der Waals surface area contributed by atoms with Crippen molar-refractivity contribution < 1.29 is 9.18 Å². The van der Waals surface area contributed by atoms with Crippen molar-refractivity contribution in [3.63, 3.8) is 0 Å². The van der Waals surface area contributed by atoms with Crippen LogP contribution in [-0.2, 0) is 11.2 Å². The number of carbonyl (C=O) groups excluding carboxylic acids is 1. The highest BCUT2D eigenvalue weighted by atomic mass is 19.1. The van der Waals surface area contributed by atoms with E-state index in [1.807, 2.05) is 12.1 Å². The van der Waals surface area contributed by atoms with Crippen molar-refractivity contribution in [3.8, 4) is 0 Å². The van der Waals surface area contributed by atoms with Gasteiger partial charge >= 0.3 is 0 Å². The second kappa shape index (κ2) is 7.20. The molecule has 2 N–H and O–H groups in total. The maximum Gasteiger partial charge on any atom is 0.228 e. The van der Waals surface area contributed by atoms with E-state index >= 15 is 0 Å². The van der Waals surface area contributed by atoms with Crippen LogP contribution in [0.4, 0.5) is 15.8 Å². The second-order valence-corrected chi connectivity index (χ2v) is 6.82. The Balaban J connectivity index is 1.41. The molecule has 1 saturated heterocycles. The number of carbonyl (C=O) groups is 1. The Morgan fingerprint density at radius 1 is 1.08 bits per heavy atom. The van der Waals surface area contributed by atoms with E-state index in [9.17, 15) is 9.18 Å². The quantitative estimate of drug-likeness (QED) is 0.728. The summed E-state index contributed by atoms with van der Waals surface area (Å²) in [7, 11) is 0. The van der Waals surface area contributed by atoms with E-state index in [0.29, 0.717) is 0 Å². The fraction of sp³-hybridized carbons (Fsp3) is 0.286. The van der Waals surface area contributed by atoms with Gasteiger partial charge in [0.2, 0.25) is 5.91 Å². The Labute approximate surface area is 152 Å². The molecule has 0 saturated carbocycles. The first-order valence-corrected chi connectivity index (χ1v) is 9.09. The first-order valence-electron chi connectivity index (χ1n) is 9.09. The number of fused-ring (bicyclic) bond motifs is 1. The summed E-state index contributed by atoms with van der Waals surface area (Å²) in [6.07, 6.45) is 5.76. The molecule has 0 bridgehead atoms. The number of hydrogen-bond acceptors (Lipinski definition) is 2. The van der Waals surface area contributed by atoms with Crippen LogP contribution < -0.4 is 10.2 Å². The van der Waals surface area contributed by atoms with E-state index in [-0.39, 0.29) is 18.1 Å². The van der Waals surface area contributed by atoms with Gasteiger partial charge in [-0.2, -0.15) is 0 Å². The van der Waals surface area contributed by atoms with Crippen LogP contribution in [0.1, 0.15) is 24.8 Å². The minimum Gasteiger partial charge on any atom is -0.372 e. The molecule has 4 nitrogen and oxygen atoms in total. The van der Waals surface area contributed by atoms with Gasteiger partial charge in [0.15, 0.2) is 0 Å². The summed E-state index contributed by atoms with van der Waals surface area (Å²) in [4.78, 5) is 17.8. The highest BCUT2D eigenvalue weighted by Gasteiger charge is 2.12. The highest BCUT2D eigenvalue weighted by molar-refractivity contribution is 5.95. The smallest absolute Gasteiger partial charge is 0.228 e. The van der Waals surface area contributed by atoms with Gasteiger partial charge in [-0.15, -0.1) is 0 Å². The van der Waals surface area contributed by atoms with Crippen LogP contribution in [0.2, 0.25) is 0 Å². The SMILES string of the molecule is O=C(Cc1c[nH]c2ccc(F)cc12)Nc1ccc(N2CCCCC2)cc1. The Morgan fingerprint density at radius 3 is 2.62 bits per heavy atom. The first kappa shape index (κ1) is 16.6. The lowest BCUT2D eigenvalue weighted by Gasteiger charge is -2.28. The standard InChI is InChI=1S/C21H22FN3O/c22-16-4-9-20-19(13-16)15(14-23-20)12-21(26)24-17-5-7-18(8-6-17)25-10-2-1-3-11-25/h4-9,13-14,23H,1-3,10-12H2,(H,24,26). The van der Waals surface area contributed by atoms with Crippen LogP contribution >= 0.6 is 0 Å². The van der Waals surface area contributed by atoms with Gasteiger partial charge < -0.3 is 15.2 Å². The lowest BCUT2D eigenvalue weighted by atomic mass is 10.1. The number of nitrogens with zero attached hydrogens (tertiary/aromatic N) is 1. The highest BCUT2D eigenvalue weighted by Crippen LogP contribution is 2.23. The van der Waals surface area contributed by atoms with E-state index in [4.69, 9.17) is 0 Å². The molecule has 1 aromatic heterocycles. The molecule has 3 aromatic rings. The number of aromatic nitrogens is 1. The predicted molar refractivity (Wildman–Crippen MR) is 103 cm³/mol. The van der Waals surface area contributed by atoms with Crippen molar-refractivity contribution >= 4 is 28.2 Å². The second-order valence-electron chi connectivity index (χ2n) is 6.82. The molecule has 0 aliphatic carbocycles. The predicted octanol–water partition coefficient (Wildman–Crippen LogP) is 4.48. The van der Waals surface area contributed by atoms with E-state index in [2.05, 4.69) is 27.3 Å². The molecule has 2 heterocycles. The van der Waals surface area contributed by atoms with Gasteiger partial charge in [0.25, 0.3) is 0 Å². The average molecular weight is 351 g/mol. The number of nitrogens with one attached hydrogen (secondary N) is 2. The molecule has 1 aliphatic heterocycles. The first-order chi connectivity index (χ1) is 12.7. The van der Waals surface area contributed by atoms with Gasteiger partial charge in [0.1, 0.15) is 5.82 Å². The summed E-state index contributed by atoms with van der Waals surface area (Å²) < 4.78 is 13.5. The Kier molecular flexibility index (Phi) is 4.61. The summed E-state index contributed by atoms with van der Waals surface area (Å²) in [5.41, 5.74) is 3.61. The van der Waals surface area contributed by atoms with Gasteiger partial charge in [-0.1, -0.05) is 0 Å². The van der Waals surface area contributed by atoms with Crippen LogP contribution in [0.5, 0.6) is 0 Å². The molecule has 1 amide bonds. The number of rotatable bonds is 4. The number of amides is 1. The number of benzene rings is 2. The molecule has 0 unspecified atom stereocenters. The van der Waals surface area contributed by atoms with Crippen LogP contribution in [0.25, 0.3) is 10.9 Å². The lowest BCUT2D eigenvalue weighted by molar-refractivity contribution is -0.115. The van der Waals surface area contributed by atoms with Crippen molar-refractivity contribution in [2.75, 3.05) is 23.3 Å². The zero-order chi connectivity index (χ0) is 17.9. The van der Waals surface area contributed by atoms with Crippen LogP contribution in [-0.4, -0.2) is 24.0 Å². The molecule has 5 heteroatoms. The number of piperidine rings is 1. The molecule has 134 valence electrons. The topological polar surface area (TPSA) is 48.1 Å². The molecule has 0 atom stereocenters. The minimum absolute atomic E-state index is 0.110. The Bertz CT molecular complexity index is 911. The fourth-order valence-corrected chi connectivity index (χ4v) is 3.58. The van der Waals surface area contributed by atoms with Crippen molar-refractivity contribution in [2.24, 2.45) is 0 Å². The third-order valence-electron chi connectivity index (χ3n) is 4.95. The van der Waals surface area contributed by atoms with Crippen LogP contribution in [0, 0.1) is 5.82 Å². The maximum absolute atomic E-state index is 13.5. The van der Waals surface area contributed by atoms with Crippen molar-refractivity contribution in [1.82, 2.24) is 4.98 Å². The maximum atomic E-state index is 13.5. The zero-order valence-corrected chi connectivity index (χ0v) is 14.6. The molecule has 26 heavy (non-hydrogen) atoms.